The maximum absolute atomic E-state index is 15.5. The largest absolute Gasteiger partial charge is 0.490 e. The Labute approximate surface area is 247 Å². The van der Waals surface area contributed by atoms with Gasteiger partial charge in [0, 0.05) is 13.0 Å². The molecule has 5 rings (SSSR count). The predicted molar refractivity (Wildman–Crippen MR) is 142 cm³/mol. The number of aromatic amines is 1. The topological polar surface area (TPSA) is 107 Å². The first-order valence-electron chi connectivity index (χ1n) is 13.0. The van der Waals surface area contributed by atoms with E-state index in [1.54, 1.807) is 6.92 Å². The first-order valence-corrected chi connectivity index (χ1v) is 13.0. The van der Waals surface area contributed by atoms with E-state index in [0.717, 1.165) is 12.1 Å². The molecule has 4 aromatic rings. The van der Waals surface area contributed by atoms with Crippen molar-refractivity contribution in [2.45, 2.75) is 38.4 Å². The molecule has 16 heteroatoms. The summed E-state index contributed by atoms with van der Waals surface area (Å²) in [5.74, 6) is -13.6. The van der Waals surface area contributed by atoms with Gasteiger partial charge in [0.2, 0.25) is 0 Å². The van der Waals surface area contributed by atoms with Crippen molar-refractivity contribution in [3.63, 3.8) is 0 Å². The van der Waals surface area contributed by atoms with Crippen LogP contribution in [0.4, 0.5) is 39.5 Å². The maximum Gasteiger partial charge on any atom is 0.490 e. The minimum atomic E-state index is -5.08. The lowest BCUT2D eigenvalue weighted by Crippen LogP contribution is -2.42. The smallest absolute Gasteiger partial charge is 0.478 e. The number of aromatic carboxylic acids is 1. The summed E-state index contributed by atoms with van der Waals surface area (Å²) in [5, 5.41) is 16.7. The van der Waals surface area contributed by atoms with Crippen molar-refractivity contribution in [3.05, 3.63) is 76.6 Å². The summed E-state index contributed by atoms with van der Waals surface area (Å²) in [6, 6.07) is 7.73. The molecule has 1 aliphatic rings. The van der Waals surface area contributed by atoms with Gasteiger partial charge < -0.3 is 15.2 Å². The van der Waals surface area contributed by atoms with Crippen molar-refractivity contribution in [1.82, 2.24) is 14.9 Å². The van der Waals surface area contributed by atoms with Gasteiger partial charge in [-0.3, -0.25) is 4.90 Å². The summed E-state index contributed by atoms with van der Waals surface area (Å²) in [7, 11) is 0. The van der Waals surface area contributed by atoms with E-state index in [2.05, 4.69) is 9.97 Å². The molecule has 2 heterocycles. The number of hydrogen-bond donors (Lipinski definition) is 3. The van der Waals surface area contributed by atoms with Gasteiger partial charge >= 0.3 is 18.1 Å². The molecule has 0 saturated carbocycles. The number of carboxylic acids is 2. The minimum absolute atomic E-state index is 0.0225. The third kappa shape index (κ3) is 7.05. The highest BCUT2D eigenvalue weighted by Gasteiger charge is 2.38. The zero-order chi connectivity index (χ0) is 33.4. The quantitative estimate of drug-likeness (QED) is 0.155. The Morgan fingerprint density at radius 1 is 0.978 bits per heavy atom. The number of aryl methyl sites for hydroxylation is 1. The first kappa shape index (κ1) is 33.3. The Balaban J connectivity index is 0.000000591. The van der Waals surface area contributed by atoms with Gasteiger partial charge in [-0.2, -0.15) is 13.2 Å². The molecule has 0 atom stereocenters. The second kappa shape index (κ2) is 12.4. The summed E-state index contributed by atoms with van der Waals surface area (Å²) >= 11 is 0. The number of nitrogens with zero attached hydrogens (tertiary/aromatic N) is 2. The van der Waals surface area contributed by atoms with Crippen LogP contribution in [0.1, 0.15) is 34.6 Å². The summed E-state index contributed by atoms with van der Waals surface area (Å²) < 4.78 is 121. The second-order valence-electron chi connectivity index (χ2n) is 10.2. The first-order chi connectivity index (χ1) is 20.9. The van der Waals surface area contributed by atoms with E-state index in [-0.39, 0.29) is 41.5 Å². The highest BCUT2D eigenvalue weighted by atomic mass is 19.4. The molecule has 0 spiro atoms. The molecule has 3 aromatic carbocycles. The van der Waals surface area contributed by atoms with E-state index >= 15 is 17.6 Å². The number of nitrogens with one attached hydrogen (secondary N) is 1. The second-order valence-corrected chi connectivity index (χ2v) is 10.2. The Morgan fingerprint density at radius 2 is 1.56 bits per heavy atom. The lowest BCUT2D eigenvalue weighted by molar-refractivity contribution is -0.192. The number of carbonyl (C=O) groups is 2. The van der Waals surface area contributed by atoms with Gasteiger partial charge in [-0.05, 0) is 48.7 Å². The molecule has 7 nitrogen and oxygen atoms in total. The highest BCUT2D eigenvalue weighted by Crippen LogP contribution is 2.40. The molecule has 0 bridgehead atoms. The molecular weight excluding hydrogens is 625 g/mol. The molecule has 45 heavy (non-hydrogen) atoms. The van der Waals surface area contributed by atoms with Crippen LogP contribution in [0.25, 0.3) is 33.3 Å². The van der Waals surface area contributed by atoms with Gasteiger partial charge in [0.25, 0.3) is 5.92 Å². The Bertz CT molecular complexity index is 1760. The Kier molecular flexibility index (Phi) is 9.19. The van der Waals surface area contributed by atoms with Gasteiger partial charge in [0.15, 0.2) is 23.3 Å². The summed E-state index contributed by atoms with van der Waals surface area (Å²) in [4.78, 5) is 28.9. The van der Waals surface area contributed by atoms with E-state index in [1.807, 2.05) is 0 Å². The van der Waals surface area contributed by atoms with Crippen LogP contribution in [0.5, 0.6) is 0 Å². The molecular formula is C29H22F9N3O4. The SMILES string of the molecule is Cc1nc2c(C(=O)O)cc(-c3c(F)c(F)c(-c4ccccc4CN4CCCC(F)(F)C4)c(F)c3F)cc2[nH]1.O=C(O)C(F)(F)F. The zero-order valence-electron chi connectivity index (χ0n) is 23.0. The average molecular weight is 647 g/mol. The van der Waals surface area contributed by atoms with E-state index in [9.17, 15) is 31.9 Å². The molecule has 0 unspecified atom stereocenters. The van der Waals surface area contributed by atoms with Crippen molar-refractivity contribution >= 4 is 23.0 Å². The number of aromatic nitrogens is 2. The number of benzene rings is 3. The average Bonchev–Trinajstić information content (AvgIpc) is 3.32. The third-order valence-electron chi connectivity index (χ3n) is 6.88. The van der Waals surface area contributed by atoms with Crippen LogP contribution in [0.2, 0.25) is 0 Å². The monoisotopic (exact) mass is 647 g/mol. The van der Waals surface area contributed by atoms with Crippen LogP contribution < -0.4 is 0 Å². The number of fused-ring (bicyclic) bond motifs is 1. The number of halogens is 9. The number of hydrogen-bond acceptors (Lipinski definition) is 4. The van der Waals surface area contributed by atoms with E-state index < -0.39 is 76.1 Å². The number of carboxylic acid groups (broad SMARTS) is 2. The van der Waals surface area contributed by atoms with Gasteiger partial charge in [0.05, 0.1) is 28.8 Å². The molecule has 3 N–H and O–H groups in total. The summed E-state index contributed by atoms with van der Waals surface area (Å²) in [6.45, 7) is 1.23. The standard InChI is InChI=1S/C27H21F6N3O2.C2HF3O2/c1-13-34-18-10-15(9-17(26(37)38)25(18)35-13)19-21(28)23(30)20(24(31)22(19)29)16-6-3-2-5-14(16)11-36-8-4-7-27(32,33)12-36;3-2(4,5)1(6)7/h2-3,5-6,9-10H,4,7-8,11-12H2,1H3,(H,34,35)(H,37,38);(H,6,7). The fourth-order valence-corrected chi connectivity index (χ4v) is 4.99. The molecule has 1 aliphatic heterocycles. The van der Waals surface area contributed by atoms with Gasteiger partial charge in [0.1, 0.15) is 11.3 Å². The Morgan fingerprint density at radius 3 is 2.11 bits per heavy atom. The molecule has 1 fully saturated rings. The fraction of sp³-hybridized carbons (Fsp3) is 0.276. The van der Waals surface area contributed by atoms with Crippen LogP contribution in [0.15, 0.2) is 36.4 Å². The van der Waals surface area contributed by atoms with Gasteiger partial charge in [-0.15, -0.1) is 0 Å². The fourth-order valence-electron chi connectivity index (χ4n) is 4.99. The van der Waals surface area contributed by atoms with Crippen LogP contribution >= 0.6 is 0 Å². The number of aliphatic carboxylic acids is 1. The number of rotatable bonds is 5. The van der Waals surface area contributed by atoms with Crippen molar-refractivity contribution < 1.29 is 59.3 Å². The number of likely N-dealkylation sites (tertiary alicyclic amines) is 1. The van der Waals surface area contributed by atoms with Crippen molar-refractivity contribution in [3.8, 4) is 22.3 Å². The highest BCUT2D eigenvalue weighted by molar-refractivity contribution is 6.03. The Hall–Kier alpha value is -4.60. The number of H-pyrrole nitrogens is 1. The molecule has 240 valence electrons. The molecule has 1 aromatic heterocycles. The third-order valence-corrected chi connectivity index (χ3v) is 6.88. The van der Waals surface area contributed by atoms with Crippen LogP contribution in [0.3, 0.4) is 0 Å². The van der Waals surface area contributed by atoms with E-state index in [1.165, 1.54) is 29.2 Å². The normalized spacial score (nSPS) is 15.1. The van der Waals surface area contributed by atoms with Crippen molar-refractivity contribution in [2.24, 2.45) is 0 Å². The number of piperidine rings is 1. The van der Waals surface area contributed by atoms with E-state index in [4.69, 9.17) is 9.90 Å². The maximum atomic E-state index is 15.5. The summed E-state index contributed by atoms with van der Waals surface area (Å²) in [6.07, 6.45) is -5.12. The predicted octanol–water partition coefficient (Wildman–Crippen LogP) is 7.32. The summed E-state index contributed by atoms with van der Waals surface area (Å²) in [5.41, 5.74) is -2.67. The van der Waals surface area contributed by atoms with Crippen LogP contribution in [0, 0.1) is 30.2 Å². The van der Waals surface area contributed by atoms with Crippen LogP contribution in [-0.4, -0.2) is 62.2 Å². The van der Waals surface area contributed by atoms with Crippen LogP contribution in [-0.2, 0) is 11.3 Å². The van der Waals surface area contributed by atoms with Crippen molar-refractivity contribution in [2.75, 3.05) is 13.1 Å². The molecule has 0 radical (unpaired) electrons. The van der Waals surface area contributed by atoms with Gasteiger partial charge in [-0.25, -0.2) is 40.9 Å². The minimum Gasteiger partial charge on any atom is -0.478 e. The molecule has 1 saturated heterocycles. The number of imidazole rings is 1. The molecule has 0 amide bonds. The van der Waals surface area contributed by atoms with Gasteiger partial charge in [-0.1, -0.05) is 24.3 Å². The molecule has 0 aliphatic carbocycles. The van der Waals surface area contributed by atoms with Crippen molar-refractivity contribution in [1.29, 1.82) is 0 Å². The van der Waals surface area contributed by atoms with E-state index in [0.29, 0.717) is 12.4 Å². The lowest BCUT2D eigenvalue weighted by Gasteiger charge is -2.32. The number of alkyl halides is 5. The lowest BCUT2D eigenvalue weighted by atomic mass is 9.93. The zero-order valence-corrected chi connectivity index (χ0v) is 23.0.